The fraction of sp³-hybridized carbons (Fsp3) is 0. The van der Waals surface area contributed by atoms with Crippen molar-refractivity contribution in [1.29, 1.82) is 0 Å². The van der Waals surface area contributed by atoms with Crippen LogP contribution < -0.4 is 0 Å². The fourth-order valence-electron chi connectivity index (χ4n) is 2.98. The van der Waals surface area contributed by atoms with Gasteiger partial charge in [0.2, 0.25) is 0 Å². The van der Waals surface area contributed by atoms with Gasteiger partial charge < -0.3 is 0 Å². The van der Waals surface area contributed by atoms with Crippen LogP contribution >= 0.6 is 0 Å². The van der Waals surface area contributed by atoms with Crippen molar-refractivity contribution in [3.63, 3.8) is 0 Å². The molecule has 2 heterocycles. The maximum absolute atomic E-state index is 14.6. The fourth-order valence-corrected chi connectivity index (χ4v) is 2.98. The molecule has 0 aliphatic heterocycles. The highest BCUT2D eigenvalue weighted by atomic mass is 19.2. The van der Waals surface area contributed by atoms with Crippen molar-refractivity contribution >= 4 is 0 Å². The van der Waals surface area contributed by atoms with Crippen LogP contribution in [0.1, 0.15) is 0 Å². The first-order chi connectivity index (χ1) is 14.3. The highest BCUT2D eigenvalue weighted by Crippen LogP contribution is 2.41. The van der Waals surface area contributed by atoms with Gasteiger partial charge in [0.15, 0.2) is 46.5 Å². The van der Waals surface area contributed by atoms with Crippen LogP contribution in [0.15, 0.2) is 24.8 Å². The molecule has 2 N–H and O–H groups in total. The number of aromatic amines is 2. The lowest BCUT2D eigenvalue weighted by molar-refractivity contribution is 0.446. The van der Waals surface area contributed by atoms with Gasteiger partial charge in [0.1, 0.15) is 0 Å². The van der Waals surface area contributed by atoms with Crippen LogP contribution in [-0.4, -0.2) is 20.4 Å². The first-order valence-electron chi connectivity index (χ1n) is 7.96. The Bertz CT molecular complexity index is 1110. The minimum Gasteiger partial charge on any atom is -0.285 e. The minimum atomic E-state index is -2.25. The number of rotatable bonds is 3. The lowest BCUT2D eigenvalue weighted by Gasteiger charge is -2.15. The van der Waals surface area contributed by atoms with Crippen molar-refractivity contribution in [2.75, 3.05) is 0 Å². The van der Waals surface area contributed by atoms with Gasteiger partial charge in [0.05, 0.1) is 34.6 Å². The van der Waals surface area contributed by atoms with Crippen molar-refractivity contribution in [2.45, 2.75) is 0 Å². The number of hydrogen-bond acceptors (Lipinski definition) is 2. The average molecular weight is 430 g/mol. The summed E-state index contributed by atoms with van der Waals surface area (Å²) in [4.78, 5) is 0. The number of benzene rings is 2. The van der Waals surface area contributed by atoms with Crippen LogP contribution in [0.5, 0.6) is 0 Å². The van der Waals surface area contributed by atoms with Gasteiger partial charge in [-0.3, -0.25) is 10.2 Å². The largest absolute Gasteiger partial charge is 0.285 e. The summed E-state index contributed by atoms with van der Waals surface area (Å²) in [5.41, 5.74) is -7.16. The van der Waals surface area contributed by atoms with E-state index in [1.807, 2.05) is 0 Å². The standard InChI is InChI=1S/C18H6F8N4/c19-11-7(5-1-27-28-2-5)12(20)16(24)9(15(11)23)10-17(25)13(21)8(14(22)18(10)26)6-3-29-30-4-6/h1-4H,(H,27,28)(H,29,30). The van der Waals surface area contributed by atoms with Gasteiger partial charge in [-0.1, -0.05) is 0 Å². The van der Waals surface area contributed by atoms with E-state index in [2.05, 4.69) is 20.4 Å². The van der Waals surface area contributed by atoms with E-state index in [-0.39, 0.29) is 0 Å². The van der Waals surface area contributed by atoms with E-state index in [0.717, 1.165) is 24.8 Å². The predicted octanol–water partition coefficient (Wildman–Crippen LogP) is 5.25. The number of hydrogen-bond donors (Lipinski definition) is 2. The zero-order valence-corrected chi connectivity index (χ0v) is 14.2. The van der Waals surface area contributed by atoms with Crippen molar-refractivity contribution in [2.24, 2.45) is 0 Å². The third kappa shape index (κ3) is 2.67. The Kier molecular flexibility index (Phi) is 4.56. The van der Waals surface area contributed by atoms with Gasteiger partial charge in [0, 0.05) is 23.5 Å². The lowest BCUT2D eigenvalue weighted by atomic mass is 9.95. The molecule has 30 heavy (non-hydrogen) atoms. The van der Waals surface area contributed by atoms with Crippen LogP contribution in [0.25, 0.3) is 33.4 Å². The summed E-state index contributed by atoms with van der Waals surface area (Å²) in [6.07, 6.45) is 3.47. The molecule has 0 spiro atoms. The van der Waals surface area contributed by atoms with Crippen LogP contribution in [0.4, 0.5) is 35.1 Å². The predicted molar refractivity (Wildman–Crippen MR) is 86.7 cm³/mol. The Hall–Kier alpha value is -3.70. The molecule has 0 radical (unpaired) electrons. The maximum Gasteiger partial charge on any atom is 0.170 e. The summed E-state index contributed by atoms with van der Waals surface area (Å²) in [5, 5.41) is 11.1. The Morgan fingerprint density at radius 1 is 0.433 bits per heavy atom. The molecule has 154 valence electrons. The molecule has 4 rings (SSSR count). The summed E-state index contributed by atoms with van der Waals surface area (Å²) >= 11 is 0. The summed E-state index contributed by atoms with van der Waals surface area (Å²) < 4.78 is 116. The van der Waals surface area contributed by atoms with Gasteiger partial charge in [-0.15, -0.1) is 0 Å². The van der Waals surface area contributed by atoms with Gasteiger partial charge >= 0.3 is 0 Å². The molecule has 4 nitrogen and oxygen atoms in total. The maximum atomic E-state index is 14.6. The molecule has 4 aromatic rings. The number of nitrogens with one attached hydrogen (secondary N) is 2. The highest BCUT2D eigenvalue weighted by Gasteiger charge is 2.34. The molecule has 0 unspecified atom stereocenters. The Morgan fingerprint density at radius 2 is 0.700 bits per heavy atom. The van der Waals surface area contributed by atoms with E-state index in [1.54, 1.807) is 0 Å². The van der Waals surface area contributed by atoms with E-state index in [4.69, 9.17) is 0 Å². The summed E-state index contributed by atoms with van der Waals surface area (Å²) in [6, 6.07) is 0. The normalized spacial score (nSPS) is 11.3. The van der Waals surface area contributed by atoms with Crippen LogP contribution in [0.3, 0.4) is 0 Å². The highest BCUT2D eigenvalue weighted by molar-refractivity contribution is 5.76. The smallest absolute Gasteiger partial charge is 0.170 e. The summed E-state index contributed by atoms with van der Waals surface area (Å²) in [7, 11) is 0. The zero-order valence-electron chi connectivity index (χ0n) is 14.2. The molecule has 0 saturated carbocycles. The van der Waals surface area contributed by atoms with Crippen molar-refractivity contribution in [1.82, 2.24) is 20.4 Å². The molecule has 0 amide bonds. The Morgan fingerprint density at radius 3 is 0.933 bits per heavy atom. The second-order valence-corrected chi connectivity index (χ2v) is 5.99. The lowest BCUT2D eigenvalue weighted by Crippen LogP contribution is -2.09. The molecule has 2 aromatic heterocycles. The quantitative estimate of drug-likeness (QED) is 0.345. The second-order valence-electron chi connectivity index (χ2n) is 5.99. The molecule has 0 aliphatic rings. The first kappa shape index (κ1) is 19.6. The van der Waals surface area contributed by atoms with Crippen molar-refractivity contribution in [3.8, 4) is 33.4 Å². The molecular formula is C18H6F8N4. The van der Waals surface area contributed by atoms with E-state index in [9.17, 15) is 35.1 Å². The molecule has 2 aromatic carbocycles. The molecule has 0 fully saturated rings. The Labute approximate surface area is 161 Å². The average Bonchev–Trinajstić information content (AvgIpc) is 3.42. The van der Waals surface area contributed by atoms with Gasteiger partial charge in [-0.2, -0.15) is 10.2 Å². The van der Waals surface area contributed by atoms with E-state index in [1.165, 1.54) is 0 Å². The summed E-state index contributed by atoms with van der Waals surface area (Å²) in [6.45, 7) is 0. The monoisotopic (exact) mass is 430 g/mol. The van der Waals surface area contributed by atoms with Crippen LogP contribution in [0, 0.1) is 46.5 Å². The third-order valence-electron chi connectivity index (χ3n) is 4.35. The molecule has 0 saturated heterocycles. The third-order valence-corrected chi connectivity index (χ3v) is 4.35. The number of aromatic nitrogens is 4. The molecule has 0 bridgehead atoms. The number of H-pyrrole nitrogens is 2. The topological polar surface area (TPSA) is 57.4 Å². The molecule has 0 atom stereocenters. The molecular weight excluding hydrogens is 424 g/mol. The van der Waals surface area contributed by atoms with Crippen molar-refractivity contribution < 1.29 is 35.1 Å². The van der Waals surface area contributed by atoms with Crippen LogP contribution in [-0.2, 0) is 0 Å². The SMILES string of the molecule is Fc1c(F)c(-c2c(F)c(F)c(-c3cn[nH]c3)c(F)c2F)c(F)c(F)c1-c1cn[nH]c1. The van der Waals surface area contributed by atoms with E-state index < -0.39 is 79.9 Å². The Balaban J connectivity index is 2.05. The number of halogens is 8. The van der Waals surface area contributed by atoms with E-state index >= 15 is 0 Å². The number of nitrogens with zero attached hydrogens (tertiary/aromatic N) is 2. The second kappa shape index (κ2) is 6.97. The summed E-state index contributed by atoms with van der Waals surface area (Å²) in [5.74, 6) is -17.2. The van der Waals surface area contributed by atoms with Gasteiger partial charge in [-0.05, 0) is 0 Å². The van der Waals surface area contributed by atoms with Crippen LogP contribution in [0.2, 0.25) is 0 Å². The molecule has 0 aliphatic carbocycles. The molecule has 12 heteroatoms. The van der Waals surface area contributed by atoms with Crippen molar-refractivity contribution in [3.05, 3.63) is 71.3 Å². The van der Waals surface area contributed by atoms with Gasteiger partial charge in [-0.25, -0.2) is 35.1 Å². The zero-order chi connectivity index (χ0) is 21.7. The first-order valence-corrected chi connectivity index (χ1v) is 7.96. The van der Waals surface area contributed by atoms with Gasteiger partial charge in [0.25, 0.3) is 0 Å². The van der Waals surface area contributed by atoms with E-state index in [0.29, 0.717) is 0 Å². The minimum absolute atomic E-state index is 0.414.